The van der Waals surface area contributed by atoms with Crippen molar-refractivity contribution >= 4 is 20.2 Å². The predicted molar refractivity (Wildman–Crippen MR) is 120 cm³/mol. The van der Waals surface area contributed by atoms with Crippen LogP contribution in [0.3, 0.4) is 0 Å². The number of hydrogen-bond acceptors (Lipinski definition) is 2. The normalized spacial score (nSPS) is 19.9. The Hall–Kier alpha value is -2.40. The molecule has 1 aliphatic rings. The Morgan fingerprint density at radius 1 is 0.793 bits per heavy atom. The van der Waals surface area contributed by atoms with E-state index < -0.39 is 13.8 Å². The van der Waals surface area contributed by atoms with E-state index in [2.05, 4.69) is 25.3 Å². The molecule has 1 saturated heterocycles. The van der Waals surface area contributed by atoms with Crippen LogP contribution in [0.5, 0.6) is 0 Å². The molecular weight excluding hydrogens is 376 g/mol. The molecule has 1 atom stereocenters. The molecule has 2 aromatic carbocycles. The summed E-state index contributed by atoms with van der Waals surface area (Å²) in [6, 6.07) is 22.7. The van der Waals surface area contributed by atoms with Crippen molar-refractivity contribution in [3.05, 3.63) is 71.8 Å². The van der Waals surface area contributed by atoms with E-state index in [1.807, 2.05) is 67.6 Å². The first-order valence-corrected chi connectivity index (χ1v) is 13.2. The molecule has 5 heteroatoms. The summed E-state index contributed by atoms with van der Waals surface area (Å²) >= 11 is 0. The smallest absolute Gasteiger partial charge is 0.319 e. The van der Waals surface area contributed by atoms with Gasteiger partial charge in [0.2, 0.25) is 0 Å². The lowest BCUT2D eigenvalue weighted by atomic mass is 9.92. The maximum Gasteiger partial charge on any atom is 0.319 e. The van der Waals surface area contributed by atoms with Crippen LogP contribution < -0.4 is 0 Å². The third-order valence-electron chi connectivity index (χ3n) is 6.64. The summed E-state index contributed by atoms with van der Waals surface area (Å²) in [5.74, 6) is -0.0672. The fraction of sp³-hybridized carbons (Fsp3) is 0.417. The van der Waals surface area contributed by atoms with Gasteiger partial charge in [-0.1, -0.05) is 81.4 Å². The highest BCUT2D eigenvalue weighted by Gasteiger charge is 2.59. The fourth-order valence-corrected chi connectivity index (χ4v) is 9.01. The van der Waals surface area contributed by atoms with Crippen molar-refractivity contribution in [3.63, 3.8) is 0 Å². The van der Waals surface area contributed by atoms with Gasteiger partial charge in [-0.3, -0.25) is 9.69 Å². The number of imide groups is 1. The van der Waals surface area contributed by atoms with Crippen LogP contribution in [-0.2, 0) is 17.8 Å². The highest BCUT2D eigenvalue weighted by atomic mass is 28.3. The quantitative estimate of drug-likeness (QED) is 0.430. The van der Waals surface area contributed by atoms with Crippen LogP contribution in [0.15, 0.2) is 60.7 Å². The van der Waals surface area contributed by atoms with Gasteiger partial charge in [-0.25, -0.2) is 4.79 Å². The molecular formula is C24H32N2O2Si. The van der Waals surface area contributed by atoms with Gasteiger partial charge in [-0.15, -0.1) is 0 Å². The number of nitrogens with zero attached hydrogens (tertiary/aromatic N) is 2. The average molecular weight is 409 g/mol. The van der Waals surface area contributed by atoms with E-state index in [0.717, 1.165) is 29.3 Å². The van der Waals surface area contributed by atoms with E-state index in [0.29, 0.717) is 13.0 Å². The molecule has 3 amide bonds. The van der Waals surface area contributed by atoms with Gasteiger partial charge in [0, 0.05) is 6.42 Å². The summed E-state index contributed by atoms with van der Waals surface area (Å²) in [5, 5.41) is 0. The number of benzene rings is 2. The number of rotatable bonds is 8. The second-order valence-electron chi connectivity index (χ2n) is 8.22. The highest BCUT2D eigenvalue weighted by molar-refractivity contribution is 6.79. The molecule has 0 aromatic heterocycles. The lowest BCUT2D eigenvalue weighted by molar-refractivity contribution is -0.132. The number of carbonyl (C=O) groups excluding carboxylic acids is 2. The minimum absolute atomic E-state index is 0.0672. The molecule has 4 nitrogen and oxygen atoms in total. The van der Waals surface area contributed by atoms with Gasteiger partial charge in [-0.2, -0.15) is 0 Å². The van der Waals surface area contributed by atoms with Crippen LogP contribution >= 0.6 is 0 Å². The van der Waals surface area contributed by atoms with Gasteiger partial charge in [0.15, 0.2) is 8.24 Å². The van der Waals surface area contributed by atoms with Crippen molar-refractivity contribution in [2.24, 2.45) is 0 Å². The summed E-state index contributed by atoms with van der Waals surface area (Å²) in [5.41, 5.74) is 1.24. The van der Waals surface area contributed by atoms with Gasteiger partial charge in [0.25, 0.3) is 5.91 Å². The van der Waals surface area contributed by atoms with Gasteiger partial charge in [0.05, 0.1) is 6.54 Å². The van der Waals surface area contributed by atoms with Crippen molar-refractivity contribution in [1.29, 1.82) is 0 Å². The zero-order valence-electron chi connectivity index (χ0n) is 18.0. The predicted octanol–water partition coefficient (Wildman–Crippen LogP) is 5.46. The lowest BCUT2D eigenvalue weighted by Crippen LogP contribution is -2.63. The van der Waals surface area contributed by atoms with Crippen LogP contribution in [0.2, 0.25) is 18.1 Å². The number of hydrogen-bond donors (Lipinski definition) is 0. The Balaban J connectivity index is 2.06. The lowest BCUT2D eigenvalue weighted by Gasteiger charge is -2.45. The Labute approximate surface area is 175 Å². The van der Waals surface area contributed by atoms with Crippen LogP contribution in [0.25, 0.3) is 0 Å². The maximum atomic E-state index is 13.7. The molecule has 3 rings (SSSR count). The summed E-state index contributed by atoms with van der Waals surface area (Å²) < 4.78 is 2.05. The van der Waals surface area contributed by atoms with Crippen molar-refractivity contribution < 1.29 is 9.59 Å². The van der Waals surface area contributed by atoms with E-state index in [-0.39, 0.29) is 11.9 Å². The third-order valence-corrected chi connectivity index (χ3v) is 12.2. The summed E-state index contributed by atoms with van der Waals surface area (Å²) in [6.07, 6.45) is 0.554. The molecule has 1 fully saturated rings. The highest BCUT2D eigenvalue weighted by Crippen LogP contribution is 2.40. The van der Waals surface area contributed by atoms with Gasteiger partial charge in [0.1, 0.15) is 5.54 Å². The topological polar surface area (TPSA) is 40.6 Å². The molecule has 0 N–H and O–H groups in total. The van der Waals surface area contributed by atoms with Crippen molar-refractivity contribution in [2.75, 3.05) is 0 Å². The minimum Gasteiger partial charge on any atom is -0.337 e. The Bertz CT molecular complexity index is 843. The first-order valence-electron chi connectivity index (χ1n) is 10.7. The molecule has 29 heavy (non-hydrogen) atoms. The summed E-state index contributed by atoms with van der Waals surface area (Å²) in [6.45, 7) is 8.86. The van der Waals surface area contributed by atoms with E-state index >= 15 is 0 Å². The molecule has 0 radical (unpaired) electrons. The summed E-state index contributed by atoms with van der Waals surface area (Å²) in [7, 11) is -2.12. The SMILES string of the molecule is CC[Si](CC)(CC)N1C(=O)N(Cc2ccccc2)C(=O)C1(C)Cc1ccccc1. The first-order chi connectivity index (χ1) is 13.9. The fourth-order valence-electron chi connectivity index (χ4n) is 4.81. The Kier molecular flexibility index (Phi) is 6.27. The van der Waals surface area contributed by atoms with E-state index in [1.54, 1.807) is 0 Å². The zero-order valence-corrected chi connectivity index (χ0v) is 19.0. The second-order valence-corrected chi connectivity index (χ2v) is 13.2. The molecule has 1 aliphatic heterocycles. The first kappa shape index (κ1) is 21.3. The second kappa shape index (κ2) is 8.53. The Morgan fingerprint density at radius 2 is 1.28 bits per heavy atom. The van der Waals surface area contributed by atoms with E-state index in [4.69, 9.17) is 0 Å². The molecule has 0 aliphatic carbocycles. The molecule has 1 heterocycles. The van der Waals surface area contributed by atoms with Crippen LogP contribution in [0.1, 0.15) is 38.8 Å². The monoisotopic (exact) mass is 408 g/mol. The van der Waals surface area contributed by atoms with Crippen LogP contribution in [-0.4, -0.2) is 35.2 Å². The molecule has 2 aromatic rings. The van der Waals surface area contributed by atoms with Crippen LogP contribution in [0.4, 0.5) is 4.79 Å². The standard InChI is InChI=1S/C24H32N2O2Si/c1-5-29(6-2,7-3)26-23(28)25(19-21-16-12-9-13-17-21)22(27)24(26,4)18-20-14-10-8-11-15-20/h8-17H,5-7,18-19H2,1-4H3. The van der Waals surface area contributed by atoms with Gasteiger partial charge in [-0.05, 0) is 36.2 Å². The number of urea groups is 1. The van der Waals surface area contributed by atoms with Crippen molar-refractivity contribution in [3.8, 4) is 0 Å². The molecule has 0 bridgehead atoms. The Morgan fingerprint density at radius 3 is 1.76 bits per heavy atom. The van der Waals surface area contributed by atoms with Crippen molar-refractivity contribution in [1.82, 2.24) is 9.47 Å². The molecule has 0 spiro atoms. The van der Waals surface area contributed by atoms with E-state index in [9.17, 15) is 9.59 Å². The van der Waals surface area contributed by atoms with Gasteiger partial charge >= 0.3 is 6.03 Å². The largest absolute Gasteiger partial charge is 0.337 e. The number of amides is 3. The molecule has 0 saturated carbocycles. The van der Waals surface area contributed by atoms with Gasteiger partial charge < -0.3 is 4.57 Å². The van der Waals surface area contributed by atoms with Crippen LogP contribution in [0, 0.1) is 0 Å². The maximum absolute atomic E-state index is 13.7. The number of carbonyl (C=O) groups is 2. The third kappa shape index (κ3) is 3.76. The average Bonchev–Trinajstić information content (AvgIpc) is 2.93. The molecule has 154 valence electrons. The zero-order chi connectivity index (χ0) is 21.1. The minimum atomic E-state index is -2.12. The van der Waals surface area contributed by atoms with Crippen molar-refractivity contribution in [2.45, 2.75) is 64.3 Å². The molecule has 1 unspecified atom stereocenters. The summed E-state index contributed by atoms with van der Waals surface area (Å²) in [4.78, 5) is 28.9. The van der Waals surface area contributed by atoms with E-state index in [1.165, 1.54) is 4.90 Å².